The van der Waals surface area contributed by atoms with Gasteiger partial charge in [0.1, 0.15) is 12.4 Å². The first-order valence-electron chi connectivity index (χ1n) is 8.83. The normalized spacial score (nSPS) is 10.1. The molecular weight excluding hydrogens is 355 g/mol. The van der Waals surface area contributed by atoms with Crippen LogP contribution in [0.3, 0.4) is 0 Å². The summed E-state index contributed by atoms with van der Waals surface area (Å²) in [7, 11) is 0. The fraction of sp³-hybridized carbons (Fsp3) is 0.130. The van der Waals surface area contributed by atoms with Gasteiger partial charge in [0, 0.05) is 13.1 Å². The smallest absolute Gasteiger partial charge is 0.410 e. The van der Waals surface area contributed by atoms with Crippen LogP contribution in [0, 0.1) is 17.1 Å². The van der Waals surface area contributed by atoms with E-state index in [1.165, 1.54) is 17.0 Å². The summed E-state index contributed by atoms with van der Waals surface area (Å²) < 4.78 is 19.0. The summed E-state index contributed by atoms with van der Waals surface area (Å²) >= 11 is 0. The van der Waals surface area contributed by atoms with Crippen LogP contribution in [0.15, 0.2) is 78.9 Å². The molecule has 0 aliphatic carbocycles. The highest BCUT2D eigenvalue weighted by Crippen LogP contribution is 2.14. The molecule has 0 radical (unpaired) electrons. The van der Waals surface area contributed by atoms with Crippen molar-refractivity contribution < 1.29 is 13.9 Å². The number of rotatable bonds is 6. The van der Waals surface area contributed by atoms with Gasteiger partial charge < -0.3 is 4.74 Å². The van der Waals surface area contributed by atoms with Gasteiger partial charge in [-0.05, 0) is 41.0 Å². The fourth-order valence-corrected chi connectivity index (χ4v) is 2.76. The Morgan fingerprint density at radius 2 is 1.57 bits per heavy atom. The van der Waals surface area contributed by atoms with Crippen LogP contribution in [0.5, 0.6) is 0 Å². The van der Waals surface area contributed by atoms with E-state index < -0.39 is 6.09 Å². The first-order chi connectivity index (χ1) is 13.6. The molecule has 3 rings (SSSR count). The van der Waals surface area contributed by atoms with Crippen LogP contribution in [-0.2, 0) is 24.4 Å². The second kappa shape index (κ2) is 9.33. The average Bonchev–Trinajstić information content (AvgIpc) is 2.73. The molecule has 28 heavy (non-hydrogen) atoms. The van der Waals surface area contributed by atoms with Gasteiger partial charge in [-0.2, -0.15) is 5.26 Å². The second-order valence-corrected chi connectivity index (χ2v) is 6.33. The van der Waals surface area contributed by atoms with Crippen molar-refractivity contribution >= 4 is 6.09 Å². The molecule has 5 heteroatoms. The lowest BCUT2D eigenvalue weighted by Gasteiger charge is -2.22. The van der Waals surface area contributed by atoms with Gasteiger partial charge in [0.2, 0.25) is 0 Å². The van der Waals surface area contributed by atoms with E-state index in [2.05, 4.69) is 6.07 Å². The maximum absolute atomic E-state index is 13.5. The Kier molecular flexibility index (Phi) is 6.37. The zero-order valence-corrected chi connectivity index (χ0v) is 15.2. The first-order valence-corrected chi connectivity index (χ1v) is 8.83. The molecule has 140 valence electrons. The Labute approximate surface area is 163 Å². The highest BCUT2D eigenvalue weighted by molar-refractivity contribution is 5.67. The largest absolute Gasteiger partial charge is 0.445 e. The van der Waals surface area contributed by atoms with Crippen molar-refractivity contribution in [2.75, 3.05) is 0 Å². The lowest BCUT2D eigenvalue weighted by Crippen LogP contribution is -2.30. The molecule has 3 aromatic carbocycles. The van der Waals surface area contributed by atoms with Crippen molar-refractivity contribution in [1.29, 1.82) is 5.26 Å². The van der Waals surface area contributed by atoms with Crippen molar-refractivity contribution in [3.63, 3.8) is 0 Å². The highest BCUT2D eigenvalue weighted by Gasteiger charge is 2.17. The molecule has 0 N–H and O–H groups in total. The summed E-state index contributed by atoms with van der Waals surface area (Å²) in [4.78, 5) is 14.2. The third-order valence-corrected chi connectivity index (χ3v) is 4.18. The highest BCUT2D eigenvalue weighted by atomic mass is 19.1. The molecule has 1 amide bonds. The summed E-state index contributed by atoms with van der Waals surface area (Å²) in [5.41, 5.74) is 2.96. The van der Waals surface area contributed by atoms with E-state index in [1.807, 2.05) is 30.3 Å². The molecule has 0 spiro atoms. The van der Waals surface area contributed by atoms with Crippen molar-refractivity contribution in [3.8, 4) is 6.07 Å². The van der Waals surface area contributed by atoms with Crippen LogP contribution in [0.4, 0.5) is 9.18 Å². The Bertz CT molecular complexity index is 966. The molecule has 4 nitrogen and oxygen atoms in total. The van der Waals surface area contributed by atoms with Crippen molar-refractivity contribution in [3.05, 3.63) is 107 Å². The van der Waals surface area contributed by atoms with Gasteiger partial charge in [0.25, 0.3) is 0 Å². The minimum absolute atomic E-state index is 0.159. The molecule has 0 fully saturated rings. The number of hydrogen-bond donors (Lipinski definition) is 0. The zero-order chi connectivity index (χ0) is 19.8. The van der Waals surface area contributed by atoms with Gasteiger partial charge in [-0.1, -0.05) is 54.6 Å². The zero-order valence-electron chi connectivity index (χ0n) is 15.2. The van der Waals surface area contributed by atoms with Crippen LogP contribution >= 0.6 is 0 Å². The maximum atomic E-state index is 13.5. The van der Waals surface area contributed by atoms with E-state index in [-0.39, 0.29) is 25.5 Å². The predicted molar refractivity (Wildman–Crippen MR) is 103 cm³/mol. The van der Waals surface area contributed by atoms with Gasteiger partial charge in [-0.3, -0.25) is 4.90 Å². The Balaban J connectivity index is 1.74. The van der Waals surface area contributed by atoms with Crippen LogP contribution in [0.25, 0.3) is 0 Å². The molecule has 3 aromatic rings. The summed E-state index contributed by atoms with van der Waals surface area (Å²) in [5, 5.41) is 8.93. The molecule has 0 heterocycles. The number of ether oxygens (including phenoxy) is 1. The third kappa shape index (κ3) is 5.42. The fourth-order valence-electron chi connectivity index (χ4n) is 2.76. The average molecular weight is 374 g/mol. The van der Waals surface area contributed by atoms with Gasteiger partial charge in [-0.25, -0.2) is 9.18 Å². The summed E-state index contributed by atoms with van der Waals surface area (Å²) in [6.07, 6.45) is -0.488. The van der Waals surface area contributed by atoms with Crippen LogP contribution in [0.2, 0.25) is 0 Å². The maximum Gasteiger partial charge on any atom is 0.410 e. The van der Waals surface area contributed by atoms with Crippen LogP contribution in [0.1, 0.15) is 22.3 Å². The number of nitriles is 1. The quantitative estimate of drug-likeness (QED) is 0.608. The van der Waals surface area contributed by atoms with E-state index in [1.54, 1.807) is 36.4 Å². The van der Waals surface area contributed by atoms with E-state index in [9.17, 15) is 9.18 Å². The summed E-state index contributed by atoms with van der Waals surface area (Å²) in [5.74, 6) is -0.353. The standard InChI is InChI=1S/C23H19FN2O2/c24-22-8-4-7-21(13-22)16-26(15-19-11-9-18(14-25)10-12-19)23(27)28-17-20-5-2-1-3-6-20/h1-13H,15-17H2. The number of carbonyl (C=O) groups is 1. The number of halogens is 1. The van der Waals surface area contributed by atoms with Gasteiger partial charge >= 0.3 is 6.09 Å². The van der Waals surface area contributed by atoms with E-state index in [0.29, 0.717) is 11.1 Å². The summed E-state index contributed by atoms with van der Waals surface area (Å²) in [6.45, 7) is 0.661. The topological polar surface area (TPSA) is 53.3 Å². The molecule has 0 bridgehead atoms. The lowest BCUT2D eigenvalue weighted by atomic mass is 10.1. The number of nitrogens with zero attached hydrogens (tertiary/aromatic N) is 2. The Hall–Kier alpha value is -3.65. The minimum atomic E-state index is -0.488. The molecule has 0 saturated heterocycles. The van der Waals surface area contributed by atoms with E-state index >= 15 is 0 Å². The monoisotopic (exact) mass is 374 g/mol. The van der Waals surface area contributed by atoms with Gasteiger partial charge in [0.05, 0.1) is 11.6 Å². The molecule has 0 aliphatic heterocycles. The third-order valence-electron chi connectivity index (χ3n) is 4.18. The molecular formula is C23H19FN2O2. The molecule has 0 unspecified atom stereocenters. The molecule has 0 atom stereocenters. The van der Waals surface area contributed by atoms with Crippen LogP contribution in [-0.4, -0.2) is 11.0 Å². The Morgan fingerprint density at radius 3 is 2.25 bits per heavy atom. The minimum Gasteiger partial charge on any atom is -0.445 e. The molecule has 0 aliphatic rings. The predicted octanol–water partition coefficient (Wildman–Crippen LogP) is 5.04. The van der Waals surface area contributed by atoms with E-state index in [0.717, 1.165) is 11.1 Å². The number of carbonyl (C=O) groups excluding carboxylic acids is 1. The SMILES string of the molecule is N#Cc1ccc(CN(Cc2cccc(F)c2)C(=O)OCc2ccccc2)cc1. The van der Waals surface area contributed by atoms with Gasteiger partial charge in [-0.15, -0.1) is 0 Å². The van der Waals surface area contributed by atoms with Crippen LogP contribution < -0.4 is 0 Å². The van der Waals surface area contributed by atoms with Crippen molar-refractivity contribution in [1.82, 2.24) is 4.90 Å². The van der Waals surface area contributed by atoms with Crippen molar-refractivity contribution in [2.24, 2.45) is 0 Å². The molecule has 0 saturated carbocycles. The van der Waals surface area contributed by atoms with Crippen molar-refractivity contribution in [2.45, 2.75) is 19.7 Å². The second-order valence-electron chi connectivity index (χ2n) is 6.33. The Morgan fingerprint density at radius 1 is 0.893 bits per heavy atom. The first kappa shape index (κ1) is 19.1. The molecule has 0 aromatic heterocycles. The summed E-state index contributed by atoms with van der Waals surface area (Å²) in [6, 6.07) is 24.6. The number of benzene rings is 3. The van der Waals surface area contributed by atoms with Gasteiger partial charge in [0.15, 0.2) is 0 Å². The number of hydrogen-bond acceptors (Lipinski definition) is 3. The number of amides is 1. The van der Waals surface area contributed by atoms with E-state index in [4.69, 9.17) is 10.00 Å². The lowest BCUT2D eigenvalue weighted by molar-refractivity contribution is 0.0910.